The van der Waals surface area contributed by atoms with Gasteiger partial charge in [0.25, 0.3) is 0 Å². The lowest BCUT2D eigenvalue weighted by Crippen LogP contribution is -2.51. The second-order valence-electron chi connectivity index (χ2n) is 9.25. The van der Waals surface area contributed by atoms with Crippen molar-refractivity contribution >= 4 is 30.1 Å². The van der Waals surface area contributed by atoms with E-state index in [4.69, 9.17) is 4.74 Å². The number of benzene rings is 1. The van der Waals surface area contributed by atoms with Crippen LogP contribution in [0.4, 0.5) is 10.7 Å². The van der Waals surface area contributed by atoms with Crippen LogP contribution < -0.4 is 16.0 Å². The van der Waals surface area contributed by atoms with Crippen molar-refractivity contribution in [1.29, 1.82) is 0 Å². The second-order valence-corrected chi connectivity index (χ2v) is 9.25. The van der Waals surface area contributed by atoms with Crippen LogP contribution in [0.5, 0.6) is 0 Å². The Morgan fingerprint density at radius 3 is 2.69 bits per heavy atom. The first-order valence-electron chi connectivity index (χ1n) is 13.0. The average Bonchev–Trinajstić information content (AvgIpc) is 3.31. The number of imidazole rings is 1. The van der Waals surface area contributed by atoms with Crippen LogP contribution in [0.15, 0.2) is 35.3 Å². The summed E-state index contributed by atoms with van der Waals surface area (Å²) in [5, 5.41) is 36.9. The fourth-order valence-electron chi connectivity index (χ4n) is 3.99. The third-order valence-electron chi connectivity index (χ3n) is 6.10. The van der Waals surface area contributed by atoms with Crippen molar-refractivity contribution in [3.8, 4) is 0 Å². The Kier molecular flexibility index (Phi) is 11.7. The van der Waals surface area contributed by atoms with Gasteiger partial charge in [-0.3, -0.25) is 9.79 Å². The van der Waals surface area contributed by atoms with Gasteiger partial charge in [-0.2, -0.15) is 0 Å². The van der Waals surface area contributed by atoms with Crippen molar-refractivity contribution in [2.45, 2.75) is 63.3 Å². The Hall–Kier alpha value is -3.97. The molecule has 3 atom stereocenters. The van der Waals surface area contributed by atoms with Gasteiger partial charge in [-0.25, -0.2) is 14.6 Å². The van der Waals surface area contributed by atoms with E-state index in [1.165, 1.54) is 0 Å². The topological polar surface area (TPSA) is 198 Å². The molecule has 7 N–H and O–H groups in total. The van der Waals surface area contributed by atoms with E-state index in [0.29, 0.717) is 49.7 Å². The highest BCUT2D eigenvalue weighted by Crippen LogP contribution is 2.13. The number of aliphatic imine (C=N–C) groups is 1. The van der Waals surface area contributed by atoms with Crippen molar-refractivity contribution in [3.05, 3.63) is 47.3 Å². The highest BCUT2D eigenvalue weighted by molar-refractivity contribution is 5.89. The Labute approximate surface area is 226 Å². The zero-order valence-electron chi connectivity index (χ0n) is 21.6. The summed E-state index contributed by atoms with van der Waals surface area (Å²) in [7, 11) is 0. The number of hydrogen-bond acceptors (Lipinski definition) is 9. The molecule has 39 heavy (non-hydrogen) atoms. The maximum atomic E-state index is 13.0. The molecule has 13 nitrogen and oxygen atoms in total. The number of aliphatic hydroxyl groups excluding tert-OH is 2. The Balaban J connectivity index is 1.70. The minimum atomic E-state index is -1.16. The zero-order chi connectivity index (χ0) is 28.0. The lowest BCUT2D eigenvalue weighted by Gasteiger charge is -2.21. The number of aliphatic hydroxyl groups is 2. The van der Waals surface area contributed by atoms with Gasteiger partial charge in [-0.15, -0.1) is 0 Å². The number of H-pyrrole nitrogens is 1. The van der Waals surface area contributed by atoms with E-state index in [1.807, 2.05) is 18.2 Å². The number of ether oxygens (including phenoxy) is 1. The summed E-state index contributed by atoms with van der Waals surface area (Å²) < 4.78 is 5.25. The van der Waals surface area contributed by atoms with E-state index < -0.39 is 42.8 Å². The standard InChI is InChI=1S/C26H36N6O7/c33-15-18(34)13-21-22-14-27-11-5-4-9-20(24(36)37)29-23(35)19(10-6-12-28-25(30-21)31-22)32-26(38)39-16-17-7-2-1-3-8-17/h1-3,7-8,14,18-20,33-34H,4-6,9-13,15-16H2,(H,29,35)(H,32,38)(H,36,37)(H2,28,30,31). The molecule has 2 amide bonds. The molecule has 1 aliphatic rings. The maximum Gasteiger partial charge on any atom is 0.408 e. The summed E-state index contributed by atoms with van der Waals surface area (Å²) in [5.74, 6) is -1.34. The summed E-state index contributed by atoms with van der Waals surface area (Å²) in [6.07, 6.45) is 1.89. The fourth-order valence-corrected chi connectivity index (χ4v) is 3.99. The number of hydrogen-bond donors (Lipinski definition) is 7. The largest absolute Gasteiger partial charge is 0.480 e. The van der Waals surface area contributed by atoms with Crippen LogP contribution in [0.25, 0.3) is 0 Å². The molecule has 0 radical (unpaired) electrons. The van der Waals surface area contributed by atoms with Crippen LogP contribution in [-0.2, 0) is 27.4 Å². The number of aromatic nitrogens is 2. The SMILES string of the molecule is O=C(NC1CCCNc2nc(c(CC(O)CO)[nH]2)C=NCCCCC(C(=O)O)NC1=O)OCc1ccccc1. The number of carbonyl (C=O) groups excluding carboxylic acids is 2. The quantitative estimate of drug-likeness (QED) is 0.265. The van der Waals surface area contributed by atoms with Crippen molar-refractivity contribution in [3.63, 3.8) is 0 Å². The van der Waals surface area contributed by atoms with Gasteiger partial charge in [0.2, 0.25) is 11.9 Å². The number of nitrogens with one attached hydrogen (secondary N) is 4. The predicted molar refractivity (Wildman–Crippen MR) is 143 cm³/mol. The minimum absolute atomic E-state index is 0.0243. The average molecular weight is 545 g/mol. The van der Waals surface area contributed by atoms with E-state index in [-0.39, 0.29) is 25.9 Å². The molecule has 0 spiro atoms. The third-order valence-corrected chi connectivity index (χ3v) is 6.10. The van der Waals surface area contributed by atoms with E-state index in [9.17, 15) is 29.7 Å². The number of aliphatic carboxylic acids is 1. The molecule has 2 aromatic rings. The van der Waals surface area contributed by atoms with Crippen LogP contribution in [0.1, 0.15) is 49.1 Å². The molecule has 1 aromatic carbocycles. The fraction of sp³-hybridized carbons (Fsp3) is 0.500. The molecular formula is C26H36N6O7. The highest BCUT2D eigenvalue weighted by Gasteiger charge is 2.27. The Morgan fingerprint density at radius 1 is 1.15 bits per heavy atom. The lowest BCUT2D eigenvalue weighted by atomic mass is 10.1. The number of anilines is 1. The van der Waals surface area contributed by atoms with Crippen molar-refractivity contribution in [2.24, 2.45) is 4.99 Å². The number of fused-ring (bicyclic) bond motifs is 2. The normalized spacial score (nSPS) is 19.7. The number of carboxylic acid groups (broad SMARTS) is 1. The van der Waals surface area contributed by atoms with Crippen LogP contribution in [0.2, 0.25) is 0 Å². The van der Waals surface area contributed by atoms with Crippen molar-refractivity contribution in [1.82, 2.24) is 20.6 Å². The summed E-state index contributed by atoms with van der Waals surface area (Å²) in [4.78, 5) is 49.2. The number of carboxylic acids is 1. The molecule has 1 aromatic heterocycles. The highest BCUT2D eigenvalue weighted by atomic mass is 16.5. The minimum Gasteiger partial charge on any atom is -0.480 e. The van der Waals surface area contributed by atoms with Gasteiger partial charge >= 0.3 is 12.1 Å². The molecule has 1 aliphatic heterocycles. The summed E-state index contributed by atoms with van der Waals surface area (Å²) in [5.41, 5.74) is 1.92. The number of nitrogens with zero attached hydrogens (tertiary/aromatic N) is 2. The molecule has 0 saturated carbocycles. The van der Waals surface area contributed by atoms with Gasteiger partial charge < -0.3 is 41.0 Å². The first-order valence-corrected chi connectivity index (χ1v) is 13.0. The van der Waals surface area contributed by atoms with Gasteiger partial charge in [-0.05, 0) is 37.7 Å². The molecule has 13 heteroatoms. The molecule has 0 aliphatic carbocycles. The Morgan fingerprint density at radius 2 is 1.95 bits per heavy atom. The summed E-state index contributed by atoms with van der Waals surface area (Å²) in [6.45, 7) is 0.415. The van der Waals surface area contributed by atoms with Gasteiger partial charge in [-0.1, -0.05) is 30.3 Å². The molecule has 212 valence electrons. The van der Waals surface area contributed by atoms with E-state index in [1.54, 1.807) is 18.3 Å². The molecule has 0 saturated heterocycles. The van der Waals surface area contributed by atoms with E-state index in [0.717, 1.165) is 5.56 Å². The van der Waals surface area contributed by atoms with Crippen LogP contribution in [0.3, 0.4) is 0 Å². The predicted octanol–water partition coefficient (Wildman–Crippen LogP) is 0.965. The van der Waals surface area contributed by atoms with Crippen molar-refractivity contribution in [2.75, 3.05) is 25.0 Å². The smallest absolute Gasteiger partial charge is 0.408 e. The second kappa shape index (κ2) is 15.4. The van der Waals surface area contributed by atoms with Crippen LogP contribution in [-0.4, -0.2) is 87.4 Å². The monoisotopic (exact) mass is 544 g/mol. The maximum absolute atomic E-state index is 13.0. The first-order chi connectivity index (χ1) is 18.9. The summed E-state index contributed by atoms with van der Waals surface area (Å²) in [6, 6.07) is 6.96. The van der Waals surface area contributed by atoms with E-state index >= 15 is 0 Å². The molecule has 0 fully saturated rings. The number of amides is 2. The third kappa shape index (κ3) is 10.0. The molecule has 2 bridgehead atoms. The number of carbonyl (C=O) groups is 3. The number of aromatic amines is 1. The molecular weight excluding hydrogens is 508 g/mol. The molecule has 3 rings (SSSR count). The Bertz CT molecular complexity index is 1110. The van der Waals surface area contributed by atoms with E-state index in [2.05, 4.69) is 30.9 Å². The lowest BCUT2D eigenvalue weighted by molar-refractivity contribution is -0.142. The molecule has 3 unspecified atom stereocenters. The van der Waals surface area contributed by atoms with Gasteiger partial charge in [0.1, 0.15) is 24.4 Å². The molecule has 2 heterocycles. The summed E-state index contributed by atoms with van der Waals surface area (Å²) >= 11 is 0. The van der Waals surface area contributed by atoms with Gasteiger partial charge in [0.05, 0.1) is 12.7 Å². The first kappa shape index (κ1) is 29.6. The van der Waals surface area contributed by atoms with Crippen molar-refractivity contribution < 1.29 is 34.4 Å². The zero-order valence-corrected chi connectivity index (χ0v) is 21.6. The van der Waals surface area contributed by atoms with Crippen LogP contribution in [0, 0.1) is 0 Å². The number of alkyl carbamates (subject to hydrolysis) is 1. The van der Waals surface area contributed by atoms with Crippen LogP contribution >= 0.6 is 0 Å². The van der Waals surface area contributed by atoms with Gasteiger partial charge in [0, 0.05) is 31.4 Å². The van der Waals surface area contributed by atoms with Gasteiger partial charge in [0.15, 0.2) is 0 Å². The number of rotatable bonds is 7.